The molecule has 1 aliphatic heterocycles. The molecule has 100 valence electrons. The van der Waals surface area contributed by atoms with E-state index in [1.54, 1.807) is 18.2 Å². The van der Waals surface area contributed by atoms with Gasteiger partial charge in [-0.05, 0) is 24.6 Å². The van der Waals surface area contributed by atoms with Crippen LogP contribution in [0.4, 0.5) is 5.69 Å². The predicted molar refractivity (Wildman–Crippen MR) is 74.9 cm³/mol. The van der Waals surface area contributed by atoms with Crippen LogP contribution in [-0.2, 0) is 9.53 Å². The number of halogens is 1. The molecule has 0 bridgehead atoms. The number of nitrogens with one attached hydrogen (secondary N) is 1. The van der Waals surface area contributed by atoms with Gasteiger partial charge in [0.2, 0.25) is 5.91 Å². The molecular formula is C14H15ClN2O2. The molecule has 0 radical (unpaired) electrons. The molecule has 1 aromatic carbocycles. The minimum Gasteiger partial charge on any atom is -0.381 e. The lowest BCUT2D eigenvalue weighted by Crippen LogP contribution is -2.22. The van der Waals surface area contributed by atoms with Crippen molar-refractivity contribution in [2.45, 2.75) is 6.42 Å². The second-order valence-electron chi connectivity index (χ2n) is 4.25. The van der Waals surface area contributed by atoms with Gasteiger partial charge in [0.1, 0.15) is 0 Å². The molecule has 1 aromatic rings. The first-order valence-corrected chi connectivity index (χ1v) is 6.45. The largest absolute Gasteiger partial charge is 0.381 e. The summed E-state index contributed by atoms with van der Waals surface area (Å²) in [5, 5.41) is 3.40. The van der Waals surface area contributed by atoms with Gasteiger partial charge in [-0.25, -0.2) is 0 Å². The quantitative estimate of drug-likeness (QED) is 0.808. The van der Waals surface area contributed by atoms with Crippen LogP contribution in [0.5, 0.6) is 0 Å². The van der Waals surface area contributed by atoms with Gasteiger partial charge in [0, 0.05) is 17.9 Å². The summed E-state index contributed by atoms with van der Waals surface area (Å²) in [6.45, 7) is 1.40. The Labute approximate surface area is 117 Å². The van der Waals surface area contributed by atoms with E-state index in [1.807, 2.05) is 0 Å². The number of hydrogen-bond donors (Lipinski definition) is 2. The first-order chi connectivity index (χ1) is 9.20. The molecule has 1 unspecified atom stereocenters. The zero-order valence-corrected chi connectivity index (χ0v) is 11.2. The van der Waals surface area contributed by atoms with Gasteiger partial charge in [0.05, 0.1) is 24.1 Å². The second kappa shape index (κ2) is 6.58. The van der Waals surface area contributed by atoms with Crippen LogP contribution in [0.2, 0.25) is 5.02 Å². The van der Waals surface area contributed by atoms with Crippen LogP contribution in [0, 0.1) is 17.8 Å². The molecule has 1 saturated heterocycles. The van der Waals surface area contributed by atoms with Gasteiger partial charge in [0.25, 0.3) is 0 Å². The number of benzene rings is 1. The Hall–Kier alpha value is -1.54. The minimum atomic E-state index is -0.0748. The van der Waals surface area contributed by atoms with Gasteiger partial charge in [-0.3, -0.25) is 4.79 Å². The number of anilines is 1. The van der Waals surface area contributed by atoms with E-state index in [2.05, 4.69) is 17.2 Å². The maximum atomic E-state index is 11.9. The van der Waals surface area contributed by atoms with Crippen LogP contribution in [0.25, 0.3) is 0 Å². The lowest BCUT2D eigenvalue weighted by molar-refractivity contribution is -0.119. The summed E-state index contributed by atoms with van der Waals surface area (Å²) in [6, 6.07) is 5.21. The van der Waals surface area contributed by atoms with Gasteiger partial charge < -0.3 is 15.8 Å². The summed E-state index contributed by atoms with van der Waals surface area (Å²) in [5.74, 6) is 5.51. The Balaban J connectivity index is 2.10. The van der Waals surface area contributed by atoms with Crippen molar-refractivity contribution in [2.75, 3.05) is 25.1 Å². The Morgan fingerprint density at radius 2 is 2.42 bits per heavy atom. The highest BCUT2D eigenvalue weighted by molar-refractivity contribution is 6.31. The van der Waals surface area contributed by atoms with E-state index in [0.717, 1.165) is 6.42 Å². The average Bonchev–Trinajstić information content (AvgIpc) is 2.93. The summed E-state index contributed by atoms with van der Waals surface area (Å²) in [4.78, 5) is 11.9. The van der Waals surface area contributed by atoms with Crippen LogP contribution < -0.4 is 11.1 Å². The summed E-state index contributed by atoms with van der Waals surface area (Å²) >= 11 is 6.02. The number of carbonyl (C=O) groups excluding carboxylic acids is 1. The van der Waals surface area contributed by atoms with E-state index < -0.39 is 0 Å². The van der Waals surface area contributed by atoms with E-state index in [-0.39, 0.29) is 18.4 Å². The maximum absolute atomic E-state index is 11.9. The van der Waals surface area contributed by atoms with E-state index in [9.17, 15) is 4.79 Å². The summed E-state index contributed by atoms with van der Waals surface area (Å²) in [6.07, 6.45) is 0.763. The average molecular weight is 279 g/mol. The van der Waals surface area contributed by atoms with Crippen molar-refractivity contribution in [3.63, 3.8) is 0 Å². The number of ether oxygens (including phenoxy) is 1. The Morgan fingerprint density at radius 3 is 3.11 bits per heavy atom. The van der Waals surface area contributed by atoms with E-state index >= 15 is 0 Å². The third kappa shape index (κ3) is 3.71. The SMILES string of the molecule is NCC#Cc1cc(NC(=O)C2CCOC2)ccc1Cl. The number of amides is 1. The van der Waals surface area contributed by atoms with Gasteiger partial charge in [-0.1, -0.05) is 23.4 Å². The zero-order valence-electron chi connectivity index (χ0n) is 10.4. The molecule has 19 heavy (non-hydrogen) atoms. The van der Waals surface area contributed by atoms with Crippen molar-refractivity contribution in [3.05, 3.63) is 28.8 Å². The van der Waals surface area contributed by atoms with Crippen LogP contribution in [0.3, 0.4) is 0 Å². The third-order valence-electron chi connectivity index (χ3n) is 2.86. The summed E-state index contributed by atoms with van der Waals surface area (Å²) < 4.78 is 5.19. The number of carbonyl (C=O) groups is 1. The Bertz CT molecular complexity index is 528. The van der Waals surface area contributed by atoms with Crippen molar-refractivity contribution < 1.29 is 9.53 Å². The highest BCUT2D eigenvalue weighted by atomic mass is 35.5. The second-order valence-corrected chi connectivity index (χ2v) is 4.66. The van der Waals surface area contributed by atoms with Crippen molar-refractivity contribution in [3.8, 4) is 11.8 Å². The molecule has 0 aliphatic carbocycles. The third-order valence-corrected chi connectivity index (χ3v) is 3.19. The fourth-order valence-corrected chi connectivity index (χ4v) is 2.00. The number of hydrogen-bond acceptors (Lipinski definition) is 3. The number of nitrogens with two attached hydrogens (primary N) is 1. The molecule has 1 amide bonds. The molecule has 3 N–H and O–H groups in total. The van der Waals surface area contributed by atoms with E-state index in [0.29, 0.717) is 29.5 Å². The molecule has 5 heteroatoms. The lowest BCUT2D eigenvalue weighted by atomic mass is 10.1. The summed E-state index contributed by atoms with van der Waals surface area (Å²) in [5.41, 5.74) is 6.67. The standard InChI is InChI=1S/C14H15ClN2O2/c15-13-4-3-12(8-10(13)2-1-6-16)17-14(18)11-5-7-19-9-11/h3-4,8,11H,5-7,9,16H2,(H,17,18). The predicted octanol–water partition coefficient (Wildman–Crippen LogP) is 1.63. The monoisotopic (exact) mass is 278 g/mol. The first kappa shape index (κ1) is 13.9. The van der Waals surface area contributed by atoms with Crippen LogP contribution >= 0.6 is 11.6 Å². The molecular weight excluding hydrogens is 264 g/mol. The molecule has 1 aliphatic rings. The van der Waals surface area contributed by atoms with Gasteiger partial charge >= 0.3 is 0 Å². The van der Waals surface area contributed by atoms with Crippen LogP contribution in [0.15, 0.2) is 18.2 Å². The molecule has 0 spiro atoms. The molecule has 4 nitrogen and oxygen atoms in total. The van der Waals surface area contributed by atoms with Crippen molar-refractivity contribution in [2.24, 2.45) is 11.7 Å². The van der Waals surface area contributed by atoms with Gasteiger partial charge in [0.15, 0.2) is 0 Å². The maximum Gasteiger partial charge on any atom is 0.229 e. The Morgan fingerprint density at radius 1 is 1.58 bits per heavy atom. The van der Waals surface area contributed by atoms with Gasteiger partial charge in [-0.15, -0.1) is 0 Å². The molecule has 1 heterocycles. The normalized spacial score (nSPS) is 17.7. The van der Waals surface area contributed by atoms with Crippen LogP contribution in [-0.4, -0.2) is 25.7 Å². The molecule has 0 aromatic heterocycles. The smallest absolute Gasteiger partial charge is 0.229 e. The summed E-state index contributed by atoms with van der Waals surface area (Å²) in [7, 11) is 0. The lowest BCUT2D eigenvalue weighted by Gasteiger charge is -2.10. The zero-order chi connectivity index (χ0) is 13.7. The van der Waals surface area contributed by atoms with E-state index in [4.69, 9.17) is 22.1 Å². The fourth-order valence-electron chi connectivity index (χ4n) is 1.83. The van der Waals surface area contributed by atoms with Crippen molar-refractivity contribution in [1.82, 2.24) is 0 Å². The highest BCUT2D eigenvalue weighted by Crippen LogP contribution is 2.21. The molecule has 0 saturated carbocycles. The Kier molecular flexibility index (Phi) is 4.80. The van der Waals surface area contributed by atoms with Gasteiger partial charge in [-0.2, -0.15) is 0 Å². The molecule has 2 rings (SSSR count). The minimum absolute atomic E-state index is 0.0300. The number of rotatable bonds is 2. The molecule has 1 fully saturated rings. The van der Waals surface area contributed by atoms with E-state index in [1.165, 1.54) is 0 Å². The topological polar surface area (TPSA) is 64.3 Å². The first-order valence-electron chi connectivity index (χ1n) is 6.08. The highest BCUT2D eigenvalue weighted by Gasteiger charge is 2.23. The van der Waals surface area contributed by atoms with Crippen LogP contribution in [0.1, 0.15) is 12.0 Å². The molecule has 1 atom stereocenters. The van der Waals surface area contributed by atoms with Crippen molar-refractivity contribution >= 4 is 23.2 Å². The van der Waals surface area contributed by atoms with Crippen molar-refractivity contribution in [1.29, 1.82) is 0 Å². The fraction of sp³-hybridized carbons (Fsp3) is 0.357.